The van der Waals surface area contributed by atoms with Crippen LogP contribution in [0, 0.1) is 0 Å². The van der Waals surface area contributed by atoms with E-state index in [1.807, 2.05) is 6.92 Å². The first-order valence-corrected chi connectivity index (χ1v) is 4.33. The summed E-state index contributed by atoms with van der Waals surface area (Å²) in [6, 6.07) is 0.0483. The third-order valence-electron chi connectivity index (χ3n) is 1.88. The highest BCUT2D eigenvalue weighted by molar-refractivity contribution is 5.68. The monoisotopic (exact) mass is 188 g/mol. The molecular formula is C8H16N2O3. The summed E-state index contributed by atoms with van der Waals surface area (Å²) in [5.74, 6) is 0. The lowest BCUT2D eigenvalue weighted by Gasteiger charge is -2.37. The molecule has 1 rings (SSSR count). The molecule has 0 aromatic rings. The Kier molecular flexibility index (Phi) is 3.50. The predicted octanol–water partition coefficient (Wildman–Crippen LogP) is -0.199. The third kappa shape index (κ3) is 2.86. The summed E-state index contributed by atoms with van der Waals surface area (Å²) >= 11 is 0. The molecule has 76 valence electrons. The largest absolute Gasteiger partial charge is 0.453 e. The molecule has 1 aliphatic heterocycles. The van der Waals surface area contributed by atoms with E-state index in [9.17, 15) is 4.79 Å². The predicted molar refractivity (Wildman–Crippen MR) is 47.4 cm³/mol. The number of carbonyl (C=O) groups is 1. The lowest BCUT2D eigenvalue weighted by molar-refractivity contribution is -0.0496. The Morgan fingerprint density at radius 2 is 2.31 bits per heavy atom. The molecule has 13 heavy (non-hydrogen) atoms. The second-order valence-electron chi connectivity index (χ2n) is 3.31. The quantitative estimate of drug-likeness (QED) is 0.666. The molecule has 0 spiro atoms. The maximum atomic E-state index is 10.9. The van der Waals surface area contributed by atoms with E-state index >= 15 is 0 Å². The minimum atomic E-state index is -0.291. The molecule has 0 saturated carbocycles. The highest BCUT2D eigenvalue weighted by Crippen LogP contribution is 2.12. The van der Waals surface area contributed by atoms with Gasteiger partial charge in [-0.1, -0.05) is 0 Å². The second-order valence-corrected chi connectivity index (χ2v) is 3.31. The van der Waals surface area contributed by atoms with E-state index in [1.165, 1.54) is 7.11 Å². The Morgan fingerprint density at radius 3 is 2.77 bits per heavy atom. The smallest absolute Gasteiger partial charge is 0.409 e. The highest BCUT2D eigenvalue weighted by atomic mass is 16.5. The maximum absolute atomic E-state index is 10.9. The van der Waals surface area contributed by atoms with Crippen LogP contribution in [0.5, 0.6) is 0 Å². The van der Waals surface area contributed by atoms with E-state index in [4.69, 9.17) is 10.5 Å². The molecule has 1 unspecified atom stereocenters. The molecule has 2 N–H and O–H groups in total. The van der Waals surface area contributed by atoms with Gasteiger partial charge in [0, 0.05) is 6.04 Å². The average Bonchev–Trinajstić information content (AvgIpc) is 2.00. The molecule has 0 aromatic heterocycles. The van der Waals surface area contributed by atoms with Crippen molar-refractivity contribution >= 4 is 6.09 Å². The van der Waals surface area contributed by atoms with E-state index in [0.717, 1.165) is 0 Å². The lowest BCUT2D eigenvalue weighted by atomic mass is 10.2. The van der Waals surface area contributed by atoms with Crippen molar-refractivity contribution in [2.24, 2.45) is 5.73 Å². The number of nitrogens with zero attached hydrogens (tertiary/aromatic N) is 1. The molecule has 0 bridgehead atoms. The Bertz CT molecular complexity index is 178. The van der Waals surface area contributed by atoms with Crippen molar-refractivity contribution in [1.29, 1.82) is 0 Å². The van der Waals surface area contributed by atoms with Gasteiger partial charge in [-0.3, -0.25) is 0 Å². The van der Waals surface area contributed by atoms with Crippen molar-refractivity contribution in [3.63, 3.8) is 0 Å². The van der Waals surface area contributed by atoms with Crippen molar-refractivity contribution in [3.8, 4) is 0 Å². The number of ether oxygens (including phenoxy) is 2. The lowest BCUT2D eigenvalue weighted by Crippen LogP contribution is -2.55. The van der Waals surface area contributed by atoms with Gasteiger partial charge in [0.25, 0.3) is 0 Å². The summed E-state index contributed by atoms with van der Waals surface area (Å²) in [7, 11) is 1.37. The summed E-state index contributed by atoms with van der Waals surface area (Å²) in [6.07, 6.45) is -0.161. The van der Waals surface area contributed by atoms with Gasteiger partial charge in [0.2, 0.25) is 0 Å². The third-order valence-corrected chi connectivity index (χ3v) is 1.88. The fourth-order valence-electron chi connectivity index (χ4n) is 1.11. The Morgan fingerprint density at radius 1 is 1.69 bits per heavy atom. The van der Waals surface area contributed by atoms with Crippen LogP contribution in [0.3, 0.4) is 0 Å². The number of amides is 1. The fraction of sp³-hybridized carbons (Fsp3) is 0.875. The van der Waals surface area contributed by atoms with Gasteiger partial charge >= 0.3 is 6.09 Å². The summed E-state index contributed by atoms with van der Waals surface area (Å²) < 4.78 is 9.92. The van der Waals surface area contributed by atoms with Crippen molar-refractivity contribution in [2.45, 2.75) is 19.1 Å². The molecule has 0 aliphatic carbocycles. The Hall–Kier alpha value is -0.810. The molecule has 5 nitrogen and oxygen atoms in total. The van der Waals surface area contributed by atoms with Crippen LogP contribution >= 0.6 is 0 Å². The first kappa shape index (κ1) is 10.3. The number of methoxy groups -OCH3 is 1. The molecule has 1 atom stereocenters. The van der Waals surface area contributed by atoms with Gasteiger partial charge in [0.05, 0.1) is 32.9 Å². The van der Waals surface area contributed by atoms with Crippen LogP contribution in [0.15, 0.2) is 0 Å². The number of rotatable bonds is 3. The van der Waals surface area contributed by atoms with Gasteiger partial charge < -0.3 is 20.1 Å². The fourth-order valence-corrected chi connectivity index (χ4v) is 1.11. The van der Waals surface area contributed by atoms with Crippen LogP contribution in [0.1, 0.15) is 6.92 Å². The van der Waals surface area contributed by atoms with E-state index in [-0.39, 0.29) is 18.2 Å². The summed E-state index contributed by atoms with van der Waals surface area (Å²) in [6.45, 7) is 3.65. The Balaban J connectivity index is 2.08. The molecular weight excluding hydrogens is 172 g/mol. The number of hydrogen-bond donors (Lipinski definition) is 1. The highest BCUT2D eigenvalue weighted by Gasteiger charge is 2.31. The molecule has 1 amide bonds. The number of nitrogens with two attached hydrogens (primary N) is 1. The minimum Gasteiger partial charge on any atom is -0.453 e. The molecule has 1 fully saturated rings. The van der Waals surface area contributed by atoms with Gasteiger partial charge in [-0.15, -0.1) is 0 Å². The molecule has 1 heterocycles. The molecule has 0 aromatic carbocycles. The van der Waals surface area contributed by atoms with Crippen LogP contribution < -0.4 is 5.73 Å². The SMILES string of the molecule is COC(=O)N1CC(OCC(C)N)C1. The zero-order valence-electron chi connectivity index (χ0n) is 8.03. The van der Waals surface area contributed by atoms with Gasteiger partial charge in [-0.25, -0.2) is 4.79 Å². The van der Waals surface area contributed by atoms with Crippen molar-refractivity contribution in [1.82, 2.24) is 4.90 Å². The molecule has 1 aliphatic rings. The number of carbonyl (C=O) groups excluding carboxylic acids is 1. The average molecular weight is 188 g/mol. The van der Waals surface area contributed by atoms with Gasteiger partial charge in [0.1, 0.15) is 0 Å². The maximum Gasteiger partial charge on any atom is 0.409 e. The normalized spacial score (nSPS) is 19.5. The van der Waals surface area contributed by atoms with Crippen LogP contribution in [0.4, 0.5) is 4.79 Å². The number of likely N-dealkylation sites (tertiary alicyclic amines) is 1. The van der Waals surface area contributed by atoms with Crippen molar-refractivity contribution in [3.05, 3.63) is 0 Å². The minimum absolute atomic E-state index is 0.0483. The van der Waals surface area contributed by atoms with Gasteiger partial charge in [-0.05, 0) is 6.92 Å². The van der Waals surface area contributed by atoms with Crippen LogP contribution in [0.2, 0.25) is 0 Å². The first-order valence-electron chi connectivity index (χ1n) is 4.33. The van der Waals surface area contributed by atoms with E-state index in [1.54, 1.807) is 4.90 Å². The van der Waals surface area contributed by atoms with E-state index < -0.39 is 0 Å². The van der Waals surface area contributed by atoms with E-state index in [0.29, 0.717) is 19.7 Å². The zero-order chi connectivity index (χ0) is 9.84. The van der Waals surface area contributed by atoms with Crippen LogP contribution in [-0.4, -0.2) is 49.9 Å². The summed E-state index contributed by atoms with van der Waals surface area (Å²) in [4.78, 5) is 12.5. The second kappa shape index (κ2) is 4.43. The standard InChI is InChI=1S/C8H16N2O3/c1-6(9)5-13-7-3-10(4-7)8(11)12-2/h6-7H,3-5,9H2,1-2H3. The molecule has 5 heteroatoms. The first-order chi connectivity index (χ1) is 6.13. The van der Waals surface area contributed by atoms with Gasteiger partial charge in [-0.2, -0.15) is 0 Å². The van der Waals surface area contributed by atoms with Crippen LogP contribution in [0.25, 0.3) is 0 Å². The van der Waals surface area contributed by atoms with Gasteiger partial charge in [0.15, 0.2) is 0 Å². The Labute approximate surface area is 77.8 Å². The summed E-state index contributed by atoms with van der Waals surface area (Å²) in [5.41, 5.74) is 5.51. The van der Waals surface area contributed by atoms with Crippen LogP contribution in [-0.2, 0) is 9.47 Å². The summed E-state index contributed by atoms with van der Waals surface area (Å²) in [5, 5.41) is 0. The number of hydrogen-bond acceptors (Lipinski definition) is 4. The molecule has 0 radical (unpaired) electrons. The van der Waals surface area contributed by atoms with Crippen molar-refractivity contribution in [2.75, 3.05) is 26.8 Å². The van der Waals surface area contributed by atoms with E-state index in [2.05, 4.69) is 4.74 Å². The zero-order valence-corrected chi connectivity index (χ0v) is 8.03. The topological polar surface area (TPSA) is 64.8 Å². The molecule has 1 saturated heterocycles. The van der Waals surface area contributed by atoms with Crippen molar-refractivity contribution < 1.29 is 14.3 Å².